The van der Waals surface area contributed by atoms with Crippen molar-refractivity contribution in [1.82, 2.24) is 0 Å². The van der Waals surface area contributed by atoms with Crippen LogP contribution in [0.2, 0.25) is 0 Å². The van der Waals surface area contributed by atoms with E-state index in [0.717, 1.165) is 17.1 Å². The summed E-state index contributed by atoms with van der Waals surface area (Å²) in [7, 11) is 0. The van der Waals surface area contributed by atoms with Crippen LogP contribution in [0, 0.1) is 0 Å². The Kier molecular flexibility index (Phi) is 9.58. The molecule has 1 heteroatoms. The van der Waals surface area contributed by atoms with Crippen LogP contribution >= 0.6 is 0 Å². The second kappa shape index (κ2) is 16.3. The van der Waals surface area contributed by atoms with Crippen molar-refractivity contribution in [3.05, 3.63) is 261 Å². The summed E-state index contributed by atoms with van der Waals surface area (Å²) in [5, 5.41) is 10.1. The summed E-state index contributed by atoms with van der Waals surface area (Å²) in [5.74, 6) is 0. The molecule has 0 amide bonds. The Balaban J connectivity index is 1.05. The third kappa shape index (κ3) is 6.92. The number of hydrogen-bond donors (Lipinski definition) is 0. The second-order valence-corrected chi connectivity index (χ2v) is 16.8. The number of hydrogen-bond acceptors (Lipinski definition) is 1. The molecule has 0 aromatic heterocycles. The van der Waals surface area contributed by atoms with Gasteiger partial charge in [0.15, 0.2) is 0 Å². The average Bonchev–Trinajstić information content (AvgIpc) is 3.39. The highest BCUT2D eigenvalue weighted by molar-refractivity contribution is 6.22. The van der Waals surface area contributed by atoms with Crippen LogP contribution in [0.1, 0.15) is 0 Å². The molecule has 12 rings (SSSR count). The molecule has 65 heavy (non-hydrogen) atoms. The number of anilines is 3. The number of benzene rings is 12. The van der Waals surface area contributed by atoms with Gasteiger partial charge < -0.3 is 4.90 Å². The summed E-state index contributed by atoms with van der Waals surface area (Å²) in [4.78, 5) is 2.42. The lowest BCUT2D eigenvalue weighted by molar-refractivity contribution is 1.28. The standard InChI is InChI=1S/C64H43N/c1-4-16-44(17-5-1)50-23-14-24-52(42-50)65(51-35-32-48(33-36-51)55-41-40-54(45-18-6-2-7-19-45)58-26-12-13-27-59(55)58)53-37-39-56(46-20-8-3-9-21-46)63(43-53)60-28-15-29-62-61(60)38-34-49-31-30-47-22-10-11-25-57(47)64(49)62/h1-43H. The molecular weight excluding hydrogens is 783 g/mol. The molecule has 0 radical (unpaired) electrons. The van der Waals surface area contributed by atoms with Gasteiger partial charge in [-0.15, -0.1) is 0 Å². The molecule has 304 valence electrons. The molecule has 0 fully saturated rings. The fraction of sp³-hybridized carbons (Fsp3) is 0. The van der Waals surface area contributed by atoms with Gasteiger partial charge in [-0.1, -0.05) is 224 Å². The van der Waals surface area contributed by atoms with E-state index in [-0.39, 0.29) is 0 Å². The maximum Gasteiger partial charge on any atom is 0.0468 e. The topological polar surface area (TPSA) is 3.24 Å². The van der Waals surface area contributed by atoms with E-state index >= 15 is 0 Å². The van der Waals surface area contributed by atoms with Crippen LogP contribution in [0.3, 0.4) is 0 Å². The average molecular weight is 826 g/mol. The van der Waals surface area contributed by atoms with Crippen molar-refractivity contribution in [3.63, 3.8) is 0 Å². The highest BCUT2D eigenvalue weighted by Crippen LogP contribution is 2.45. The van der Waals surface area contributed by atoms with Gasteiger partial charge >= 0.3 is 0 Å². The van der Waals surface area contributed by atoms with Gasteiger partial charge in [-0.2, -0.15) is 0 Å². The minimum atomic E-state index is 1.08. The van der Waals surface area contributed by atoms with Crippen LogP contribution in [0.5, 0.6) is 0 Å². The van der Waals surface area contributed by atoms with Crippen molar-refractivity contribution in [1.29, 1.82) is 0 Å². The summed E-state index contributed by atoms with van der Waals surface area (Å²) in [6, 6.07) is 95.3. The van der Waals surface area contributed by atoms with Crippen molar-refractivity contribution < 1.29 is 0 Å². The van der Waals surface area contributed by atoms with Gasteiger partial charge in [-0.3, -0.25) is 0 Å². The number of fused-ring (bicyclic) bond motifs is 6. The van der Waals surface area contributed by atoms with E-state index in [1.807, 2.05) is 0 Å². The van der Waals surface area contributed by atoms with Crippen molar-refractivity contribution in [3.8, 4) is 55.6 Å². The van der Waals surface area contributed by atoms with Crippen LogP contribution in [-0.4, -0.2) is 0 Å². The van der Waals surface area contributed by atoms with Crippen molar-refractivity contribution >= 4 is 60.2 Å². The highest BCUT2D eigenvalue weighted by Gasteiger charge is 2.20. The maximum atomic E-state index is 2.42. The molecule has 0 saturated heterocycles. The van der Waals surface area contributed by atoms with E-state index in [0.29, 0.717) is 0 Å². The predicted octanol–water partition coefficient (Wildman–Crippen LogP) is 18.1. The molecule has 0 heterocycles. The molecule has 0 aliphatic carbocycles. The Morgan fingerprint density at radius 3 is 1.38 bits per heavy atom. The summed E-state index contributed by atoms with van der Waals surface area (Å²) in [5.41, 5.74) is 15.2. The largest absolute Gasteiger partial charge is 0.310 e. The zero-order chi connectivity index (χ0) is 43.1. The lowest BCUT2D eigenvalue weighted by Gasteiger charge is -2.28. The Morgan fingerprint density at radius 1 is 0.200 bits per heavy atom. The van der Waals surface area contributed by atoms with Crippen molar-refractivity contribution in [2.24, 2.45) is 0 Å². The third-order valence-corrected chi connectivity index (χ3v) is 13.1. The zero-order valence-electron chi connectivity index (χ0n) is 35.8. The summed E-state index contributed by atoms with van der Waals surface area (Å²) < 4.78 is 0. The van der Waals surface area contributed by atoms with Gasteiger partial charge in [-0.05, 0) is 135 Å². The van der Waals surface area contributed by atoms with Gasteiger partial charge in [0.2, 0.25) is 0 Å². The first-order valence-electron chi connectivity index (χ1n) is 22.4. The van der Waals surface area contributed by atoms with E-state index in [9.17, 15) is 0 Å². The predicted molar refractivity (Wildman–Crippen MR) is 278 cm³/mol. The fourth-order valence-corrected chi connectivity index (χ4v) is 9.97. The Bertz CT molecular complexity index is 3690. The molecule has 12 aromatic rings. The smallest absolute Gasteiger partial charge is 0.0468 e. The second-order valence-electron chi connectivity index (χ2n) is 16.8. The molecule has 0 unspecified atom stereocenters. The SMILES string of the molecule is c1ccc(-c2cccc(N(c3ccc(-c4ccc(-c5ccccc5)c5ccccc45)cc3)c3ccc(-c4ccccc4)c(-c4cccc5c4ccc4ccc6ccccc6c45)c3)c2)cc1. The highest BCUT2D eigenvalue weighted by atomic mass is 15.1. The molecule has 0 bridgehead atoms. The molecule has 0 aliphatic heterocycles. The molecule has 0 saturated carbocycles. The van der Waals surface area contributed by atoms with E-state index in [1.165, 1.54) is 98.7 Å². The van der Waals surface area contributed by atoms with Crippen LogP contribution in [0.15, 0.2) is 261 Å². The lowest BCUT2D eigenvalue weighted by Crippen LogP contribution is -2.10. The third-order valence-electron chi connectivity index (χ3n) is 13.1. The monoisotopic (exact) mass is 825 g/mol. The minimum absolute atomic E-state index is 1.08. The zero-order valence-corrected chi connectivity index (χ0v) is 35.8. The van der Waals surface area contributed by atoms with Gasteiger partial charge in [0, 0.05) is 17.1 Å². The van der Waals surface area contributed by atoms with Crippen LogP contribution in [0.25, 0.3) is 98.7 Å². The number of nitrogens with zero attached hydrogens (tertiary/aromatic N) is 1. The quantitative estimate of drug-likeness (QED) is 0.138. The van der Waals surface area contributed by atoms with Gasteiger partial charge in [0.05, 0.1) is 0 Å². The molecule has 0 N–H and O–H groups in total. The molecule has 0 spiro atoms. The summed E-state index contributed by atoms with van der Waals surface area (Å²) in [6.07, 6.45) is 0. The maximum absolute atomic E-state index is 2.42. The number of rotatable bonds is 8. The van der Waals surface area contributed by atoms with E-state index in [4.69, 9.17) is 0 Å². The lowest BCUT2D eigenvalue weighted by atomic mass is 9.88. The van der Waals surface area contributed by atoms with Gasteiger partial charge in [0.25, 0.3) is 0 Å². The molecule has 0 aliphatic rings. The Labute approximate surface area is 379 Å². The molecule has 1 nitrogen and oxygen atoms in total. The van der Waals surface area contributed by atoms with Crippen LogP contribution in [-0.2, 0) is 0 Å². The van der Waals surface area contributed by atoms with Gasteiger partial charge in [0.1, 0.15) is 0 Å². The van der Waals surface area contributed by atoms with E-state index in [2.05, 4.69) is 266 Å². The normalized spacial score (nSPS) is 11.4. The first-order valence-corrected chi connectivity index (χ1v) is 22.4. The molecule has 0 atom stereocenters. The fourth-order valence-electron chi connectivity index (χ4n) is 9.97. The Hall–Kier alpha value is -8.52. The first kappa shape index (κ1) is 38.2. The van der Waals surface area contributed by atoms with Crippen LogP contribution < -0.4 is 4.90 Å². The van der Waals surface area contributed by atoms with Crippen LogP contribution in [0.4, 0.5) is 17.1 Å². The summed E-state index contributed by atoms with van der Waals surface area (Å²) in [6.45, 7) is 0. The first-order chi connectivity index (χ1) is 32.2. The van der Waals surface area contributed by atoms with Gasteiger partial charge in [-0.25, -0.2) is 0 Å². The minimum Gasteiger partial charge on any atom is -0.310 e. The molecule has 12 aromatic carbocycles. The van der Waals surface area contributed by atoms with E-state index < -0.39 is 0 Å². The van der Waals surface area contributed by atoms with Crippen molar-refractivity contribution in [2.75, 3.05) is 4.90 Å². The van der Waals surface area contributed by atoms with Crippen molar-refractivity contribution in [2.45, 2.75) is 0 Å². The summed E-state index contributed by atoms with van der Waals surface area (Å²) >= 11 is 0. The molecular formula is C64H43N. The van der Waals surface area contributed by atoms with E-state index in [1.54, 1.807) is 0 Å². The Morgan fingerprint density at radius 2 is 0.677 bits per heavy atom.